The van der Waals surface area contributed by atoms with Crippen molar-refractivity contribution in [2.75, 3.05) is 50.2 Å². The first-order valence-corrected chi connectivity index (χ1v) is 8.07. The van der Waals surface area contributed by atoms with Crippen LogP contribution in [-0.2, 0) is 0 Å². The molecule has 0 saturated carbocycles. The molecule has 24 heavy (non-hydrogen) atoms. The van der Waals surface area contributed by atoms with Crippen molar-refractivity contribution in [3.63, 3.8) is 0 Å². The van der Waals surface area contributed by atoms with Crippen LogP contribution >= 0.6 is 11.6 Å². The van der Waals surface area contributed by atoms with Gasteiger partial charge in [0, 0.05) is 30.8 Å². The number of nitrogens with zero attached hydrogens (tertiary/aromatic N) is 2. The smallest absolute Gasteiger partial charge is 0.257 e. The van der Waals surface area contributed by atoms with E-state index in [1.165, 1.54) is 0 Å². The molecule has 0 aromatic heterocycles. The molecule has 0 bridgehead atoms. The number of halogens is 1. The lowest BCUT2D eigenvalue weighted by Gasteiger charge is -2.24. The van der Waals surface area contributed by atoms with E-state index in [9.17, 15) is 4.79 Å². The fourth-order valence-electron chi connectivity index (χ4n) is 2.29. The average molecular weight is 347 g/mol. The van der Waals surface area contributed by atoms with Crippen LogP contribution in [0.3, 0.4) is 0 Å². The van der Waals surface area contributed by atoms with Crippen LogP contribution in [0.4, 0.5) is 17.1 Å². The molecule has 128 valence electrons. The average Bonchev–Trinajstić information content (AvgIpc) is 2.54. The highest BCUT2D eigenvalue weighted by atomic mass is 35.5. The molecule has 1 amide bonds. The molecule has 0 aliphatic heterocycles. The minimum atomic E-state index is -0.238. The van der Waals surface area contributed by atoms with Gasteiger partial charge in [0.25, 0.3) is 5.91 Å². The maximum absolute atomic E-state index is 12.5. The quantitative estimate of drug-likeness (QED) is 0.789. The van der Waals surface area contributed by atoms with Gasteiger partial charge in [-0.1, -0.05) is 17.7 Å². The third-order valence-electron chi connectivity index (χ3n) is 3.72. The molecule has 0 unspecified atom stereocenters. The van der Waals surface area contributed by atoms with Gasteiger partial charge in [-0.15, -0.1) is 0 Å². The van der Waals surface area contributed by atoms with Crippen LogP contribution < -0.4 is 16.0 Å². The number of para-hydroxylation sites is 1. The van der Waals surface area contributed by atoms with E-state index in [0.29, 0.717) is 22.0 Å². The summed E-state index contributed by atoms with van der Waals surface area (Å²) in [6.45, 7) is 1.72. The Morgan fingerprint density at radius 2 is 1.75 bits per heavy atom. The number of amides is 1. The Morgan fingerprint density at radius 1 is 1.08 bits per heavy atom. The first-order chi connectivity index (χ1) is 11.4. The van der Waals surface area contributed by atoms with Crippen molar-refractivity contribution >= 4 is 34.6 Å². The number of benzene rings is 2. The summed E-state index contributed by atoms with van der Waals surface area (Å²) in [5.41, 5.74) is 8.69. The maximum Gasteiger partial charge on any atom is 0.257 e. The van der Waals surface area contributed by atoms with Gasteiger partial charge >= 0.3 is 0 Å². The molecule has 0 fully saturated rings. The van der Waals surface area contributed by atoms with Crippen LogP contribution in [0, 0.1) is 0 Å². The lowest BCUT2D eigenvalue weighted by molar-refractivity contribution is 0.102. The third-order valence-corrected chi connectivity index (χ3v) is 3.98. The first-order valence-electron chi connectivity index (χ1n) is 7.69. The molecule has 2 aromatic carbocycles. The highest BCUT2D eigenvalue weighted by molar-refractivity contribution is 6.30. The molecule has 0 aliphatic rings. The van der Waals surface area contributed by atoms with Crippen molar-refractivity contribution < 1.29 is 4.79 Å². The van der Waals surface area contributed by atoms with Crippen LogP contribution in [0.15, 0.2) is 42.5 Å². The number of rotatable bonds is 6. The Hall–Kier alpha value is -2.24. The number of carbonyl (C=O) groups is 1. The van der Waals surface area contributed by atoms with Crippen LogP contribution in [0.25, 0.3) is 0 Å². The van der Waals surface area contributed by atoms with Gasteiger partial charge in [0.1, 0.15) is 0 Å². The molecule has 2 aromatic rings. The summed E-state index contributed by atoms with van der Waals surface area (Å²) in [7, 11) is 6.01. The second-order valence-electron chi connectivity index (χ2n) is 5.92. The third kappa shape index (κ3) is 4.63. The van der Waals surface area contributed by atoms with E-state index in [0.717, 1.165) is 18.8 Å². The lowest BCUT2D eigenvalue weighted by atomic mass is 10.1. The van der Waals surface area contributed by atoms with Gasteiger partial charge < -0.3 is 20.9 Å². The SMILES string of the molecule is CN(C)CCN(C)c1cccc(C(=O)Nc2ccc(Cl)cc2)c1N. The molecule has 3 N–H and O–H groups in total. The Morgan fingerprint density at radius 3 is 2.38 bits per heavy atom. The Kier molecular flexibility index (Phi) is 6.06. The van der Waals surface area contributed by atoms with Crippen molar-refractivity contribution in [3.8, 4) is 0 Å². The standard InChI is InChI=1S/C18H23ClN4O/c1-22(2)11-12-23(3)16-6-4-5-15(17(16)20)18(24)21-14-9-7-13(19)8-10-14/h4-10H,11-12,20H2,1-3H3,(H,21,24). The van der Waals surface area contributed by atoms with Crippen LogP contribution in [0.1, 0.15) is 10.4 Å². The highest BCUT2D eigenvalue weighted by Crippen LogP contribution is 2.26. The summed E-state index contributed by atoms with van der Waals surface area (Å²) in [6.07, 6.45) is 0. The minimum absolute atomic E-state index is 0.238. The Bertz CT molecular complexity index is 701. The second-order valence-corrected chi connectivity index (χ2v) is 6.36. The van der Waals surface area contributed by atoms with E-state index in [1.54, 1.807) is 30.3 Å². The number of nitrogens with two attached hydrogens (primary N) is 1. The monoisotopic (exact) mass is 346 g/mol. The number of anilines is 3. The van der Waals surface area contributed by atoms with Gasteiger partial charge in [-0.2, -0.15) is 0 Å². The van der Waals surface area contributed by atoms with E-state index in [1.807, 2.05) is 33.3 Å². The zero-order chi connectivity index (χ0) is 17.7. The van der Waals surface area contributed by atoms with E-state index in [2.05, 4.69) is 15.1 Å². The minimum Gasteiger partial charge on any atom is -0.396 e. The number of nitrogen functional groups attached to an aromatic ring is 1. The van der Waals surface area contributed by atoms with Gasteiger partial charge in [-0.3, -0.25) is 4.79 Å². The largest absolute Gasteiger partial charge is 0.396 e. The van der Waals surface area contributed by atoms with Crippen LogP contribution in [0.5, 0.6) is 0 Å². The van der Waals surface area contributed by atoms with E-state index >= 15 is 0 Å². The van der Waals surface area contributed by atoms with Crippen molar-refractivity contribution in [1.82, 2.24) is 4.90 Å². The van der Waals surface area contributed by atoms with Gasteiger partial charge in [-0.05, 0) is 50.5 Å². The molecule has 0 radical (unpaired) electrons. The lowest BCUT2D eigenvalue weighted by Crippen LogP contribution is -2.29. The normalized spacial score (nSPS) is 10.7. The molecule has 0 atom stereocenters. The Balaban J connectivity index is 2.16. The zero-order valence-electron chi connectivity index (χ0n) is 14.2. The zero-order valence-corrected chi connectivity index (χ0v) is 15.0. The molecule has 2 rings (SSSR count). The topological polar surface area (TPSA) is 61.6 Å². The summed E-state index contributed by atoms with van der Waals surface area (Å²) in [5.74, 6) is -0.238. The van der Waals surface area contributed by atoms with Crippen molar-refractivity contribution in [1.29, 1.82) is 0 Å². The first kappa shape index (κ1) is 18.1. The molecular formula is C18H23ClN4O. The summed E-state index contributed by atoms with van der Waals surface area (Å²) in [4.78, 5) is 16.7. The van der Waals surface area contributed by atoms with Crippen molar-refractivity contribution in [3.05, 3.63) is 53.1 Å². The predicted molar refractivity (Wildman–Crippen MR) is 102 cm³/mol. The van der Waals surface area contributed by atoms with Crippen LogP contribution in [-0.4, -0.2) is 45.0 Å². The van der Waals surface area contributed by atoms with Gasteiger partial charge in [0.05, 0.1) is 16.9 Å². The summed E-state index contributed by atoms with van der Waals surface area (Å²) in [5, 5.41) is 3.46. The molecule has 0 aliphatic carbocycles. The van der Waals surface area contributed by atoms with E-state index in [4.69, 9.17) is 17.3 Å². The van der Waals surface area contributed by atoms with Crippen molar-refractivity contribution in [2.45, 2.75) is 0 Å². The molecule has 0 spiro atoms. The second kappa shape index (κ2) is 8.04. The summed E-state index contributed by atoms with van der Waals surface area (Å²) >= 11 is 5.86. The number of carbonyl (C=O) groups excluding carboxylic acids is 1. The summed E-state index contributed by atoms with van der Waals surface area (Å²) in [6, 6.07) is 12.5. The maximum atomic E-state index is 12.5. The molecule has 5 nitrogen and oxygen atoms in total. The van der Waals surface area contributed by atoms with E-state index in [-0.39, 0.29) is 5.91 Å². The number of hydrogen-bond donors (Lipinski definition) is 2. The van der Waals surface area contributed by atoms with Gasteiger partial charge in [-0.25, -0.2) is 0 Å². The van der Waals surface area contributed by atoms with E-state index < -0.39 is 0 Å². The highest BCUT2D eigenvalue weighted by Gasteiger charge is 2.15. The van der Waals surface area contributed by atoms with Gasteiger partial charge in [0.15, 0.2) is 0 Å². The molecule has 6 heteroatoms. The molecule has 0 heterocycles. The number of hydrogen-bond acceptors (Lipinski definition) is 4. The predicted octanol–water partition coefficient (Wildman–Crippen LogP) is 3.17. The Labute approximate surface area is 148 Å². The molecular weight excluding hydrogens is 324 g/mol. The number of nitrogens with one attached hydrogen (secondary N) is 1. The molecule has 0 saturated heterocycles. The fraction of sp³-hybridized carbons (Fsp3) is 0.278. The fourth-order valence-corrected chi connectivity index (χ4v) is 2.41. The number of likely N-dealkylation sites (N-methyl/N-ethyl adjacent to an activating group) is 2. The summed E-state index contributed by atoms with van der Waals surface area (Å²) < 4.78 is 0. The van der Waals surface area contributed by atoms with Crippen LogP contribution in [0.2, 0.25) is 5.02 Å². The van der Waals surface area contributed by atoms with Gasteiger partial charge in [0.2, 0.25) is 0 Å². The van der Waals surface area contributed by atoms with Crippen molar-refractivity contribution in [2.24, 2.45) is 0 Å².